The highest BCUT2D eigenvalue weighted by Crippen LogP contribution is 2.43. The van der Waals surface area contributed by atoms with Crippen LogP contribution in [-0.4, -0.2) is 24.8 Å². The molecule has 0 radical (unpaired) electrons. The van der Waals surface area contributed by atoms with Gasteiger partial charge in [-0.25, -0.2) is 4.98 Å². The third-order valence-electron chi connectivity index (χ3n) is 8.70. The van der Waals surface area contributed by atoms with Gasteiger partial charge >= 0.3 is 0 Å². The summed E-state index contributed by atoms with van der Waals surface area (Å²) < 4.78 is 4.12. The van der Waals surface area contributed by atoms with Gasteiger partial charge in [0.15, 0.2) is 5.78 Å². The Kier molecular flexibility index (Phi) is 6.17. The average Bonchev–Trinajstić information content (AvgIpc) is 3.60. The van der Waals surface area contributed by atoms with E-state index in [1.807, 2.05) is 60.2 Å². The molecule has 0 amide bonds. The Morgan fingerprint density at radius 3 is 1.98 bits per heavy atom. The second-order valence-corrected chi connectivity index (χ2v) is 10.9. The first-order valence-corrected chi connectivity index (χ1v) is 14.1. The van der Waals surface area contributed by atoms with E-state index in [2.05, 4.69) is 83.4 Å². The quantitative estimate of drug-likeness (QED) is 0.239. The molecule has 0 fully saturated rings. The van der Waals surface area contributed by atoms with Gasteiger partial charge < -0.3 is 14.1 Å². The topological polar surface area (TPSA) is 59.5 Å². The van der Waals surface area contributed by atoms with E-state index in [0.717, 1.165) is 39.9 Å². The molecule has 5 heteroatoms. The Labute approximate surface area is 239 Å². The number of aryl methyl sites for hydroxylation is 1. The molecule has 1 aliphatic rings. The van der Waals surface area contributed by atoms with Crippen LogP contribution in [0.4, 0.5) is 0 Å². The summed E-state index contributed by atoms with van der Waals surface area (Å²) in [6.45, 7) is 2.00. The zero-order valence-electron chi connectivity index (χ0n) is 22.9. The molecule has 0 aliphatic heterocycles. The molecule has 3 aromatic heterocycles. The first-order chi connectivity index (χ1) is 20.1. The molecule has 41 heavy (non-hydrogen) atoms. The van der Waals surface area contributed by atoms with Crippen molar-refractivity contribution in [3.05, 3.63) is 167 Å². The van der Waals surface area contributed by atoms with E-state index in [0.29, 0.717) is 17.8 Å². The summed E-state index contributed by atoms with van der Waals surface area (Å²) in [6, 6.07) is 39.2. The van der Waals surface area contributed by atoms with E-state index < -0.39 is 17.6 Å². The first kappa shape index (κ1) is 25.2. The summed E-state index contributed by atoms with van der Waals surface area (Å²) in [5.41, 5.74) is 6.60. The fourth-order valence-electron chi connectivity index (χ4n) is 6.76. The number of ketones is 1. The summed E-state index contributed by atoms with van der Waals surface area (Å²) >= 11 is 0. The molecule has 0 bridgehead atoms. The Morgan fingerprint density at radius 1 is 0.829 bits per heavy atom. The molecule has 5 nitrogen and oxygen atoms in total. The van der Waals surface area contributed by atoms with Crippen LogP contribution in [-0.2, 0) is 12.0 Å². The predicted octanol–water partition coefficient (Wildman–Crippen LogP) is 6.76. The normalized spacial score (nSPS) is 16.0. The number of aliphatic hydroxyl groups is 1. The number of aliphatic hydroxyl groups excluding tert-OH is 1. The van der Waals surface area contributed by atoms with Gasteiger partial charge in [0.1, 0.15) is 11.6 Å². The lowest BCUT2D eigenvalue weighted by Crippen LogP contribution is -2.38. The van der Waals surface area contributed by atoms with E-state index in [-0.39, 0.29) is 5.78 Å². The highest BCUT2D eigenvalue weighted by Gasteiger charge is 2.42. The maximum Gasteiger partial charge on any atom is 0.185 e. The van der Waals surface area contributed by atoms with Crippen molar-refractivity contribution >= 4 is 11.3 Å². The second-order valence-electron chi connectivity index (χ2n) is 10.9. The molecule has 3 heterocycles. The zero-order valence-corrected chi connectivity index (χ0v) is 22.9. The van der Waals surface area contributed by atoms with E-state index in [1.54, 1.807) is 0 Å². The Hall–Kier alpha value is -4.74. The number of aromatic nitrogens is 3. The summed E-state index contributed by atoms with van der Waals surface area (Å²) in [5, 5.41) is 11.8. The fourth-order valence-corrected chi connectivity index (χ4v) is 6.76. The number of carbonyl (C=O) groups excluding carboxylic acids is 1. The lowest BCUT2D eigenvalue weighted by atomic mass is 9.76. The number of hydrogen-bond acceptors (Lipinski definition) is 3. The first-order valence-electron chi connectivity index (χ1n) is 14.1. The predicted molar refractivity (Wildman–Crippen MR) is 160 cm³/mol. The van der Waals surface area contributed by atoms with Crippen molar-refractivity contribution in [1.29, 1.82) is 0 Å². The Balaban J connectivity index is 1.38. The number of carbonyl (C=O) groups is 1. The highest BCUT2D eigenvalue weighted by atomic mass is 16.3. The molecule has 2 atom stereocenters. The minimum atomic E-state index is -1.02. The van der Waals surface area contributed by atoms with Crippen LogP contribution in [0.25, 0.3) is 5.52 Å². The van der Waals surface area contributed by atoms with Gasteiger partial charge in [-0.15, -0.1) is 0 Å². The molecular weight excluding hydrogens is 506 g/mol. The third kappa shape index (κ3) is 3.88. The smallest absolute Gasteiger partial charge is 0.185 e. The van der Waals surface area contributed by atoms with E-state index in [1.165, 1.54) is 0 Å². The summed E-state index contributed by atoms with van der Waals surface area (Å²) in [4.78, 5) is 18.7. The zero-order chi connectivity index (χ0) is 28.0. The van der Waals surface area contributed by atoms with Gasteiger partial charge in [0, 0.05) is 17.4 Å². The average molecular weight is 538 g/mol. The molecule has 6 aromatic rings. The van der Waals surface area contributed by atoms with Crippen molar-refractivity contribution in [2.45, 2.75) is 31.4 Å². The van der Waals surface area contributed by atoms with Crippen LogP contribution in [0.2, 0.25) is 0 Å². The largest absolute Gasteiger partial charge is 0.386 e. The summed E-state index contributed by atoms with van der Waals surface area (Å²) in [7, 11) is 0. The van der Waals surface area contributed by atoms with Crippen molar-refractivity contribution in [3.8, 4) is 0 Å². The van der Waals surface area contributed by atoms with Crippen molar-refractivity contribution < 1.29 is 9.90 Å². The number of rotatable bonds is 6. The van der Waals surface area contributed by atoms with Crippen molar-refractivity contribution in [1.82, 2.24) is 14.0 Å². The Morgan fingerprint density at radius 2 is 1.39 bits per heavy atom. The number of fused-ring (bicyclic) bond motifs is 3. The molecule has 1 aliphatic carbocycles. The lowest BCUT2D eigenvalue weighted by molar-refractivity contribution is 0.0617. The van der Waals surface area contributed by atoms with E-state index in [4.69, 9.17) is 4.98 Å². The van der Waals surface area contributed by atoms with Crippen LogP contribution >= 0.6 is 0 Å². The van der Waals surface area contributed by atoms with Gasteiger partial charge in [-0.1, -0.05) is 97.1 Å². The second kappa shape index (κ2) is 10.0. The lowest BCUT2D eigenvalue weighted by Gasteiger charge is -2.38. The molecule has 3 aromatic carbocycles. The van der Waals surface area contributed by atoms with Crippen LogP contribution in [0.1, 0.15) is 56.7 Å². The molecule has 0 saturated carbocycles. The number of benzene rings is 3. The molecule has 7 rings (SSSR count). The number of pyridine rings is 1. The summed E-state index contributed by atoms with van der Waals surface area (Å²) in [6.07, 6.45) is 4.05. The number of nitrogens with zero attached hydrogens (tertiary/aromatic N) is 3. The monoisotopic (exact) mass is 537 g/mol. The number of hydrogen-bond donors (Lipinski definition) is 1. The third-order valence-corrected chi connectivity index (χ3v) is 8.70. The maximum absolute atomic E-state index is 13.9. The van der Waals surface area contributed by atoms with Crippen molar-refractivity contribution in [2.75, 3.05) is 0 Å². The molecule has 0 spiro atoms. The standard InChI is InChI=1S/C36H31N3O2/c1-25-32(34(40)31-21-20-26-23-30-19-11-12-22-38(30)33(26)35(31)41)37-24-39(25)36(27-13-5-2-6-14-27,28-15-7-3-8-16-28)29-17-9-4-10-18-29/h2-19,22-24,31,34,40H,20-21H2,1H3. The minimum absolute atomic E-state index is 0.0284. The fraction of sp³-hybridized carbons (Fsp3) is 0.167. The number of imidazole rings is 1. The van der Waals surface area contributed by atoms with Crippen LogP contribution in [0.5, 0.6) is 0 Å². The van der Waals surface area contributed by atoms with Gasteiger partial charge in [-0.05, 0) is 60.2 Å². The van der Waals surface area contributed by atoms with Crippen LogP contribution in [0.3, 0.4) is 0 Å². The molecule has 2 unspecified atom stereocenters. The van der Waals surface area contributed by atoms with Crippen molar-refractivity contribution in [3.63, 3.8) is 0 Å². The van der Waals surface area contributed by atoms with Gasteiger partial charge in [0.05, 0.1) is 23.6 Å². The number of Topliss-reactive ketones (excluding diaryl/α,β-unsaturated/α-hetero) is 1. The minimum Gasteiger partial charge on any atom is -0.386 e. The molecule has 202 valence electrons. The van der Waals surface area contributed by atoms with Gasteiger partial charge in [0.25, 0.3) is 0 Å². The van der Waals surface area contributed by atoms with Crippen molar-refractivity contribution in [2.24, 2.45) is 5.92 Å². The van der Waals surface area contributed by atoms with Crippen LogP contribution in [0, 0.1) is 12.8 Å². The maximum atomic E-state index is 13.9. The van der Waals surface area contributed by atoms with E-state index in [9.17, 15) is 9.90 Å². The van der Waals surface area contributed by atoms with Crippen LogP contribution < -0.4 is 0 Å². The van der Waals surface area contributed by atoms with E-state index >= 15 is 0 Å². The van der Waals surface area contributed by atoms with Crippen LogP contribution in [0.15, 0.2) is 128 Å². The Bertz CT molecular complexity index is 1740. The SMILES string of the molecule is Cc1c(C(O)C2CCc3cc4ccccn4c3C2=O)ncn1C(c1ccccc1)(c1ccccc1)c1ccccc1. The summed E-state index contributed by atoms with van der Waals surface area (Å²) in [5.74, 6) is -0.596. The molecule has 1 N–H and O–H groups in total. The molecular formula is C36H31N3O2. The highest BCUT2D eigenvalue weighted by molar-refractivity contribution is 6.00. The van der Waals surface area contributed by atoms with Gasteiger partial charge in [0.2, 0.25) is 0 Å². The van der Waals surface area contributed by atoms with Gasteiger partial charge in [-0.2, -0.15) is 0 Å². The molecule has 0 saturated heterocycles. The van der Waals surface area contributed by atoms with Gasteiger partial charge in [-0.3, -0.25) is 4.79 Å².